The van der Waals surface area contributed by atoms with Crippen LogP contribution in [0.1, 0.15) is 81.3 Å². The largest absolute Gasteiger partial charge is 0.508 e. The molecule has 390 valence electrons. The number of urea groups is 1. The Balaban J connectivity index is 0.666. The monoisotopic (exact) mass is 1030 g/mol. The van der Waals surface area contributed by atoms with E-state index in [1.807, 2.05) is 4.90 Å². The predicted octanol–water partition coefficient (Wildman–Crippen LogP) is 7.75. The van der Waals surface area contributed by atoms with Gasteiger partial charge in [0, 0.05) is 85.7 Å². The molecule has 7 aliphatic rings. The SMILES string of the molecule is C#Cc1c(F)ccc2cc(O)cc(-c3ncc4c(N5CC6CCC(C5)N6)nc(OCC5(CN6CCC7(CC6)CC(N6CCC(c8cc9c(cc8F)c(N8CCC(=O)NC8=O)nn9C)C(F)(F)C6)C7)CC5)nc4c3F)c12. The number of pyridine rings is 1. The summed E-state index contributed by atoms with van der Waals surface area (Å²) in [6.07, 6.45) is 15.0. The molecule has 2 saturated carbocycles. The molecule has 20 heteroatoms. The number of hydrogen-bond acceptors (Lipinski definition) is 12. The summed E-state index contributed by atoms with van der Waals surface area (Å²) < 4.78 is 88.5. The van der Waals surface area contributed by atoms with E-state index in [0.717, 1.165) is 71.0 Å². The van der Waals surface area contributed by atoms with Gasteiger partial charge in [-0.25, -0.2) is 26.7 Å². The number of nitrogens with one attached hydrogen (secondary N) is 2. The molecule has 8 heterocycles. The van der Waals surface area contributed by atoms with E-state index in [-0.39, 0.29) is 99.2 Å². The molecule has 3 unspecified atom stereocenters. The first-order chi connectivity index (χ1) is 36.0. The van der Waals surface area contributed by atoms with Gasteiger partial charge in [0.2, 0.25) is 5.91 Å². The summed E-state index contributed by atoms with van der Waals surface area (Å²) in [6.45, 7) is 4.30. The van der Waals surface area contributed by atoms with E-state index in [4.69, 9.17) is 16.1 Å². The van der Waals surface area contributed by atoms with Gasteiger partial charge in [-0.05, 0) is 124 Å². The van der Waals surface area contributed by atoms with Crippen LogP contribution in [-0.2, 0) is 11.8 Å². The summed E-state index contributed by atoms with van der Waals surface area (Å²) in [5, 5.41) is 22.4. The second-order valence-electron chi connectivity index (χ2n) is 22.5. The van der Waals surface area contributed by atoms with Crippen LogP contribution in [0.2, 0.25) is 0 Å². The minimum atomic E-state index is -3.18. The van der Waals surface area contributed by atoms with Gasteiger partial charge in [-0.3, -0.25) is 29.6 Å². The number of piperazine rings is 1. The third-order valence-electron chi connectivity index (χ3n) is 17.7. The molecule has 3 atom stereocenters. The number of carbonyl (C=O) groups is 2. The zero-order chi connectivity index (χ0) is 51.7. The standard InChI is InChI=1S/C55H56F5N11O4/c1-3-35-41(56)7-4-30-18-34(72)19-38(45(30)35)47-46(58)48-39(24-61-47)49(70-25-31-5-6-32(26-70)62-31)65-51(64-48)75-29-54(10-11-54)27-68-16-12-53(13-17-68)22-33(23-53)69-14-8-40(55(59,60)28-69)36-21-43-37(20-42(36)57)50(66-67(43)2)71-15-9-44(73)63-52(71)74/h1,4,7,18-21,24,31-33,40,62,72H,5-6,8-17,22-23,25-29H2,2H3,(H,63,73,74). The van der Waals surface area contributed by atoms with Crippen molar-refractivity contribution in [3.05, 3.63) is 71.2 Å². The van der Waals surface area contributed by atoms with Crippen molar-refractivity contribution in [1.29, 1.82) is 0 Å². The number of phenols is 1. The number of nitrogens with zero attached hydrogens (tertiary/aromatic N) is 9. The molecule has 3 aromatic heterocycles. The number of alkyl halides is 2. The molecule has 75 heavy (non-hydrogen) atoms. The van der Waals surface area contributed by atoms with Gasteiger partial charge in [0.15, 0.2) is 11.6 Å². The number of amides is 3. The van der Waals surface area contributed by atoms with Crippen molar-refractivity contribution in [2.45, 2.75) is 94.2 Å². The number of aryl methyl sites for hydroxylation is 1. The molecule has 5 saturated heterocycles. The van der Waals surface area contributed by atoms with Crippen LogP contribution in [0.15, 0.2) is 42.6 Å². The number of phenolic OH excluding ortho intramolecular Hbond substituents is 1. The summed E-state index contributed by atoms with van der Waals surface area (Å²) in [5.74, 6) is -4.16. The summed E-state index contributed by atoms with van der Waals surface area (Å²) in [7, 11) is 1.62. The molecule has 7 fully saturated rings. The van der Waals surface area contributed by atoms with E-state index >= 15 is 22.0 Å². The average Bonchev–Trinajstić information content (AvgIpc) is 3.96. The summed E-state index contributed by atoms with van der Waals surface area (Å²) in [4.78, 5) is 46.3. The molecule has 13 rings (SSSR count). The number of halogens is 5. The quantitative estimate of drug-likeness (QED) is 0.0908. The third kappa shape index (κ3) is 8.36. The Kier molecular flexibility index (Phi) is 11.3. The van der Waals surface area contributed by atoms with Crippen LogP contribution in [0, 0.1) is 40.6 Å². The van der Waals surface area contributed by atoms with E-state index in [1.54, 1.807) is 7.05 Å². The Morgan fingerprint density at radius 2 is 1.68 bits per heavy atom. The maximum absolute atomic E-state index is 17.2. The van der Waals surface area contributed by atoms with E-state index in [0.29, 0.717) is 53.7 Å². The highest BCUT2D eigenvalue weighted by molar-refractivity contribution is 6.09. The number of likely N-dealkylation sites (tertiary alicyclic amines) is 2. The van der Waals surface area contributed by atoms with Crippen LogP contribution < -0.4 is 25.2 Å². The van der Waals surface area contributed by atoms with Gasteiger partial charge in [0.25, 0.3) is 5.92 Å². The number of benzene rings is 3. The lowest BCUT2D eigenvalue weighted by Crippen LogP contribution is -2.59. The molecule has 15 nitrogen and oxygen atoms in total. The van der Waals surface area contributed by atoms with Crippen LogP contribution >= 0.6 is 0 Å². The lowest BCUT2D eigenvalue weighted by atomic mass is 9.59. The van der Waals surface area contributed by atoms with Crippen molar-refractivity contribution in [2.24, 2.45) is 17.9 Å². The van der Waals surface area contributed by atoms with Gasteiger partial charge in [-0.2, -0.15) is 15.1 Å². The zero-order valence-electron chi connectivity index (χ0n) is 41.4. The number of rotatable bonds is 10. The molecule has 3 amide bonds. The lowest BCUT2D eigenvalue weighted by molar-refractivity contribution is -0.126. The Bertz CT molecular complexity index is 3390. The molecule has 3 N–H and O–H groups in total. The van der Waals surface area contributed by atoms with Crippen molar-refractivity contribution in [2.75, 3.05) is 68.8 Å². The Morgan fingerprint density at radius 1 is 0.907 bits per heavy atom. The van der Waals surface area contributed by atoms with E-state index in [1.165, 1.54) is 52.2 Å². The molecule has 3 aromatic carbocycles. The van der Waals surface area contributed by atoms with Gasteiger partial charge in [0.05, 0.1) is 35.5 Å². The van der Waals surface area contributed by atoms with Crippen LogP contribution in [-0.4, -0.2) is 135 Å². The van der Waals surface area contributed by atoms with E-state index in [2.05, 4.69) is 41.4 Å². The molecule has 2 aliphatic carbocycles. The average molecular weight is 1030 g/mol. The first-order valence-corrected chi connectivity index (χ1v) is 26.1. The number of imide groups is 1. The predicted molar refractivity (Wildman–Crippen MR) is 270 cm³/mol. The summed E-state index contributed by atoms with van der Waals surface area (Å²) in [6, 6.07) is 8.05. The minimum Gasteiger partial charge on any atom is -0.508 e. The number of fused-ring (bicyclic) bond motifs is 5. The van der Waals surface area contributed by atoms with Gasteiger partial charge in [-0.1, -0.05) is 12.0 Å². The second-order valence-corrected chi connectivity index (χ2v) is 22.5. The highest BCUT2D eigenvalue weighted by Crippen LogP contribution is 2.55. The van der Waals surface area contributed by atoms with E-state index < -0.39 is 47.8 Å². The van der Waals surface area contributed by atoms with Crippen molar-refractivity contribution >= 4 is 56.2 Å². The van der Waals surface area contributed by atoms with Crippen LogP contribution in [0.5, 0.6) is 11.8 Å². The van der Waals surface area contributed by atoms with Gasteiger partial charge < -0.3 is 25.0 Å². The number of aromatic nitrogens is 5. The number of terminal acetylenes is 1. The van der Waals surface area contributed by atoms with Gasteiger partial charge in [-0.15, -0.1) is 6.42 Å². The fourth-order valence-electron chi connectivity index (χ4n) is 13.4. The Hall–Kier alpha value is -6.69. The normalized spacial score (nSPS) is 24.5. The van der Waals surface area contributed by atoms with Crippen molar-refractivity contribution < 1.29 is 41.4 Å². The van der Waals surface area contributed by atoms with Crippen molar-refractivity contribution in [3.63, 3.8) is 0 Å². The topological polar surface area (TPSA) is 157 Å². The molecule has 5 aliphatic heterocycles. The maximum atomic E-state index is 17.2. The molecule has 1 spiro atoms. The first kappa shape index (κ1) is 48.0. The minimum absolute atomic E-state index is 0.00210. The smallest absolute Gasteiger partial charge is 0.329 e. The number of carbonyl (C=O) groups excluding carboxylic acids is 2. The van der Waals surface area contributed by atoms with Crippen LogP contribution in [0.4, 0.5) is 38.4 Å². The number of piperidine rings is 2. The highest BCUT2D eigenvalue weighted by atomic mass is 19.3. The van der Waals surface area contributed by atoms with E-state index in [9.17, 15) is 14.7 Å². The third-order valence-corrected chi connectivity index (χ3v) is 17.7. The van der Waals surface area contributed by atoms with Crippen molar-refractivity contribution in [1.82, 2.24) is 45.2 Å². The summed E-state index contributed by atoms with van der Waals surface area (Å²) >= 11 is 0. The number of aromatic hydroxyl groups is 1. The Morgan fingerprint density at radius 3 is 2.40 bits per heavy atom. The van der Waals surface area contributed by atoms with Gasteiger partial charge in [0.1, 0.15) is 34.4 Å². The first-order valence-electron chi connectivity index (χ1n) is 26.1. The molecular weight excluding hydrogens is 974 g/mol. The molecule has 2 bridgehead atoms. The number of anilines is 2. The van der Waals surface area contributed by atoms with Gasteiger partial charge >= 0.3 is 12.0 Å². The zero-order valence-corrected chi connectivity index (χ0v) is 41.4. The highest BCUT2D eigenvalue weighted by Gasteiger charge is 2.54. The Labute approximate surface area is 428 Å². The van der Waals surface area contributed by atoms with Crippen LogP contribution in [0.25, 0.3) is 43.8 Å². The number of ether oxygens (including phenoxy) is 1. The fourth-order valence-corrected chi connectivity index (χ4v) is 13.4. The van der Waals surface area contributed by atoms with Crippen molar-refractivity contribution in [3.8, 4) is 35.4 Å². The second kappa shape index (κ2) is 17.7. The van der Waals surface area contributed by atoms with Crippen LogP contribution in [0.3, 0.4) is 0 Å². The fraction of sp³-hybridized carbons (Fsp3) is 0.491. The summed E-state index contributed by atoms with van der Waals surface area (Å²) in [5.41, 5.74) is 0.245. The molecule has 6 aromatic rings. The molecular formula is C55H56F5N11O4. The number of hydrogen-bond donors (Lipinski definition) is 3. The maximum Gasteiger partial charge on any atom is 0.329 e. The lowest BCUT2D eigenvalue weighted by Gasteiger charge is -2.57. The molecule has 0 radical (unpaired) electrons.